The van der Waals surface area contributed by atoms with E-state index in [4.69, 9.17) is 4.74 Å². The molecule has 36 heavy (non-hydrogen) atoms. The fourth-order valence-corrected chi connectivity index (χ4v) is 4.91. The number of unbranched alkanes of at least 4 members (excludes halogenated alkanes) is 10. The van der Waals surface area contributed by atoms with Crippen LogP contribution in [0.5, 0.6) is 0 Å². The SMILES string of the molecule is CCCCCCCCCCCCCC(=O)OCC(O)COP(=O)(O)OC1C(O)C(O)C(O)C(O)C1O. The van der Waals surface area contributed by atoms with Crippen LogP contribution in [-0.4, -0.2) is 97.4 Å². The lowest BCUT2D eigenvalue weighted by atomic mass is 9.85. The summed E-state index contributed by atoms with van der Waals surface area (Å²) >= 11 is 0. The van der Waals surface area contributed by atoms with Crippen molar-refractivity contribution in [1.29, 1.82) is 0 Å². The van der Waals surface area contributed by atoms with Crippen LogP contribution in [0.2, 0.25) is 0 Å². The molecule has 6 atom stereocenters. The van der Waals surface area contributed by atoms with Crippen molar-refractivity contribution in [3.8, 4) is 0 Å². The topological polar surface area (TPSA) is 203 Å². The van der Waals surface area contributed by atoms with Gasteiger partial charge in [-0.3, -0.25) is 13.8 Å². The molecule has 0 aromatic rings. The Balaban J connectivity index is 2.17. The first-order valence-electron chi connectivity index (χ1n) is 12.9. The van der Waals surface area contributed by atoms with Gasteiger partial charge in [-0.1, -0.05) is 71.1 Å². The van der Waals surface area contributed by atoms with E-state index < -0.39 is 69.7 Å². The first-order chi connectivity index (χ1) is 17.0. The smallest absolute Gasteiger partial charge is 0.463 e. The van der Waals surface area contributed by atoms with Crippen molar-refractivity contribution in [2.24, 2.45) is 0 Å². The maximum atomic E-state index is 12.1. The largest absolute Gasteiger partial charge is 0.472 e. The van der Waals surface area contributed by atoms with Gasteiger partial charge in [-0.15, -0.1) is 0 Å². The molecule has 0 bridgehead atoms. The normalized spacial score (nSPS) is 29.0. The number of rotatable bonds is 19. The van der Waals surface area contributed by atoms with Gasteiger partial charge in [-0.25, -0.2) is 4.57 Å². The Morgan fingerprint density at radius 1 is 0.750 bits per heavy atom. The number of aliphatic hydroxyl groups is 6. The standard InChI is InChI=1S/C23H45O12P/c1-2-3-4-5-6-7-8-9-10-11-12-13-17(25)33-14-16(24)15-34-36(31,32)35-23-21(29)19(27)18(26)20(28)22(23)30/h16,18-24,26-30H,2-15H2,1H3,(H,31,32). The molecule has 1 saturated carbocycles. The lowest BCUT2D eigenvalue weighted by molar-refractivity contribution is -0.220. The molecular formula is C23H45O12P. The van der Waals surface area contributed by atoms with E-state index in [-0.39, 0.29) is 6.42 Å². The van der Waals surface area contributed by atoms with E-state index in [1.165, 1.54) is 44.9 Å². The summed E-state index contributed by atoms with van der Waals surface area (Å²) in [7, 11) is -4.98. The molecule has 1 aliphatic carbocycles. The third-order valence-electron chi connectivity index (χ3n) is 6.18. The van der Waals surface area contributed by atoms with Crippen LogP contribution in [0, 0.1) is 0 Å². The second kappa shape index (κ2) is 17.8. The highest BCUT2D eigenvalue weighted by Gasteiger charge is 2.51. The molecule has 13 heteroatoms. The number of phosphoric ester groups is 1. The maximum absolute atomic E-state index is 12.1. The summed E-state index contributed by atoms with van der Waals surface area (Å²) in [5, 5.41) is 58.4. The van der Waals surface area contributed by atoms with E-state index in [0.717, 1.165) is 19.3 Å². The summed E-state index contributed by atoms with van der Waals surface area (Å²) in [6, 6.07) is 0. The highest BCUT2D eigenvalue weighted by molar-refractivity contribution is 7.47. The van der Waals surface area contributed by atoms with E-state index in [0.29, 0.717) is 6.42 Å². The van der Waals surface area contributed by atoms with Crippen molar-refractivity contribution in [1.82, 2.24) is 0 Å². The highest BCUT2D eigenvalue weighted by Crippen LogP contribution is 2.47. The van der Waals surface area contributed by atoms with Gasteiger partial charge in [0.05, 0.1) is 6.61 Å². The molecule has 6 unspecified atom stereocenters. The molecule has 0 aliphatic heterocycles. The average molecular weight is 545 g/mol. The first kappa shape index (κ1) is 33.4. The van der Waals surface area contributed by atoms with Gasteiger partial charge in [0, 0.05) is 6.42 Å². The van der Waals surface area contributed by atoms with E-state index in [1.807, 2.05) is 0 Å². The van der Waals surface area contributed by atoms with Gasteiger partial charge in [0.25, 0.3) is 0 Å². The van der Waals surface area contributed by atoms with Crippen molar-refractivity contribution < 1.29 is 58.7 Å². The predicted octanol–water partition coefficient (Wildman–Crippen LogP) is 0.912. The summed E-state index contributed by atoms with van der Waals surface area (Å²) in [5.74, 6) is -0.511. The molecule has 12 nitrogen and oxygen atoms in total. The van der Waals surface area contributed by atoms with Crippen molar-refractivity contribution in [3.05, 3.63) is 0 Å². The zero-order chi connectivity index (χ0) is 27.1. The number of hydrogen-bond donors (Lipinski definition) is 7. The second-order valence-electron chi connectivity index (χ2n) is 9.41. The van der Waals surface area contributed by atoms with Crippen LogP contribution in [-0.2, 0) is 23.1 Å². The Kier molecular flexibility index (Phi) is 16.5. The monoisotopic (exact) mass is 544 g/mol. The van der Waals surface area contributed by atoms with Crippen molar-refractivity contribution in [2.75, 3.05) is 13.2 Å². The Bertz CT molecular complexity index is 635. The number of hydrogen-bond acceptors (Lipinski definition) is 11. The minimum Gasteiger partial charge on any atom is -0.463 e. The molecule has 0 aromatic heterocycles. The van der Waals surface area contributed by atoms with Gasteiger partial charge in [0.15, 0.2) is 0 Å². The van der Waals surface area contributed by atoms with Gasteiger partial charge in [-0.05, 0) is 6.42 Å². The van der Waals surface area contributed by atoms with Crippen LogP contribution in [0.3, 0.4) is 0 Å². The number of aliphatic hydroxyl groups excluding tert-OH is 6. The Hall–Kier alpha value is -0.660. The quantitative estimate of drug-likeness (QED) is 0.0689. The number of ether oxygens (including phenoxy) is 1. The van der Waals surface area contributed by atoms with E-state index in [1.54, 1.807) is 0 Å². The molecule has 0 radical (unpaired) electrons. The van der Waals surface area contributed by atoms with Gasteiger partial charge < -0.3 is 40.3 Å². The van der Waals surface area contributed by atoms with E-state index in [9.17, 15) is 44.9 Å². The lowest BCUT2D eigenvalue weighted by Crippen LogP contribution is -2.64. The zero-order valence-electron chi connectivity index (χ0n) is 21.1. The molecule has 0 saturated heterocycles. The Labute approximate surface area is 212 Å². The van der Waals surface area contributed by atoms with Gasteiger partial charge in [-0.2, -0.15) is 0 Å². The van der Waals surface area contributed by atoms with Crippen LogP contribution in [0.25, 0.3) is 0 Å². The number of carbonyl (C=O) groups excluding carboxylic acids is 1. The first-order valence-corrected chi connectivity index (χ1v) is 14.4. The van der Waals surface area contributed by atoms with Crippen molar-refractivity contribution in [3.63, 3.8) is 0 Å². The van der Waals surface area contributed by atoms with Gasteiger partial charge in [0.1, 0.15) is 49.3 Å². The summed E-state index contributed by atoms with van der Waals surface area (Å²) in [6.45, 7) is 0.953. The van der Waals surface area contributed by atoms with E-state index >= 15 is 0 Å². The number of phosphoric acid groups is 1. The molecular weight excluding hydrogens is 499 g/mol. The zero-order valence-corrected chi connectivity index (χ0v) is 22.0. The molecule has 1 aliphatic rings. The lowest BCUT2D eigenvalue weighted by Gasteiger charge is -2.41. The second-order valence-corrected chi connectivity index (χ2v) is 10.8. The van der Waals surface area contributed by atoms with Crippen LogP contribution in [0.4, 0.5) is 0 Å². The summed E-state index contributed by atoms with van der Waals surface area (Å²) in [4.78, 5) is 21.6. The fraction of sp³-hybridized carbons (Fsp3) is 0.957. The predicted molar refractivity (Wildman–Crippen MR) is 129 cm³/mol. The average Bonchev–Trinajstić information content (AvgIpc) is 2.85. The van der Waals surface area contributed by atoms with E-state index in [2.05, 4.69) is 16.0 Å². The summed E-state index contributed by atoms with van der Waals surface area (Å²) in [6.07, 6.45) is -0.361. The van der Waals surface area contributed by atoms with Crippen molar-refractivity contribution >= 4 is 13.8 Å². The number of carbonyl (C=O) groups is 1. The minimum atomic E-state index is -4.98. The molecule has 1 rings (SSSR count). The number of esters is 1. The third-order valence-corrected chi connectivity index (χ3v) is 7.16. The van der Waals surface area contributed by atoms with Crippen LogP contribution in [0.1, 0.15) is 84.0 Å². The molecule has 7 N–H and O–H groups in total. The maximum Gasteiger partial charge on any atom is 0.472 e. The van der Waals surface area contributed by atoms with Crippen LogP contribution in [0.15, 0.2) is 0 Å². The van der Waals surface area contributed by atoms with Gasteiger partial charge in [0.2, 0.25) is 0 Å². The van der Waals surface area contributed by atoms with Crippen LogP contribution < -0.4 is 0 Å². The highest BCUT2D eigenvalue weighted by atomic mass is 31.2. The molecule has 1 fully saturated rings. The van der Waals surface area contributed by atoms with Crippen molar-refractivity contribution in [2.45, 2.75) is 127 Å². The van der Waals surface area contributed by atoms with Crippen LogP contribution >= 0.6 is 7.82 Å². The third kappa shape index (κ3) is 12.7. The Morgan fingerprint density at radius 3 is 1.69 bits per heavy atom. The fourth-order valence-electron chi connectivity index (χ4n) is 3.93. The minimum absolute atomic E-state index is 0.195. The van der Waals surface area contributed by atoms with Gasteiger partial charge >= 0.3 is 13.8 Å². The molecule has 0 amide bonds. The Morgan fingerprint density at radius 2 is 1.19 bits per heavy atom. The summed E-state index contributed by atoms with van der Waals surface area (Å²) < 4.78 is 26.2. The molecule has 0 aromatic carbocycles. The molecule has 0 heterocycles. The summed E-state index contributed by atoms with van der Waals surface area (Å²) in [5.41, 5.74) is 0. The molecule has 214 valence electrons. The molecule has 0 spiro atoms.